The second-order valence-electron chi connectivity index (χ2n) is 12.8. The molecule has 2 saturated heterocycles. The number of aliphatic hydroxyl groups excluding tert-OH is 1. The van der Waals surface area contributed by atoms with Crippen LogP contribution in [0.4, 0.5) is 0 Å². The Morgan fingerprint density at radius 3 is 2.67 bits per heavy atom. The second-order valence-corrected chi connectivity index (χ2v) is 12.8. The molecule has 3 saturated carbocycles. The van der Waals surface area contributed by atoms with Gasteiger partial charge in [0.2, 0.25) is 0 Å². The van der Waals surface area contributed by atoms with Gasteiger partial charge in [0.05, 0.1) is 12.2 Å². The predicted octanol–water partition coefficient (Wildman–Crippen LogP) is 5.29. The third-order valence-electron chi connectivity index (χ3n) is 11.6. The molecule has 168 valence electrons. The number of nitrogens with one attached hydrogen (secondary N) is 1. The van der Waals surface area contributed by atoms with Gasteiger partial charge in [-0.25, -0.2) is 0 Å². The molecule has 0 unspecified atom stereocenters. The van der Waals surface area contributed by atoms with E-state index in [9.17, 15) is 5.11 Å². The van der Waals surface area contributed by atoms with Crippen molar-refractivity contribution in [1.82, 2.24) is 5.32 Å². The van der Waals surface area contributed by atoms with Crippen LogP contribution in [0.1, 0.15) is 85.5 Å². The smallest absolute Gasteiger partial charge is 0.122 e. The highest BCUT2D eigenvalue weighted by atomic mass is 16.5. The van der Waals surface area contributed by atoms with Gasteiger partial charge in [-0.1, -0.05) is 39.3 Å². The maximum Gasteiger partial charge on any atom is 0.122 e. The third-order valence-corrected chi connectivity index (χ3v) is 11.6. The zero-order chi connectivity index (χ0) is 20.9. The van der Waals surface area contributed by atoms with Gasteiger partial charge in [0.15, 0.2) is 0 Å². The molecular weight excluding hydrogens is 370 g/mol. The van der Waals surface area contributed by atoms with E-state index < -0.39 is 0 Å². The molecule has 0 aromatic carbocycles. The van der Waals surface area contributed by atoms with Crippen molar-refractivity contribution in [3.63, 3.8) is 0 Å². The molecule has 0 aromatic heterocycles. The van der Waals surface area contributed by atoms with Crippen LogP contribution < -0.4 is 5.32 Å². The second kappa shape index (κ2) is 6.58. The van der Waals surface area contributed by atoms with E-state index >= 15 is 0 Å². The molecule has 1 spiro atoms. The topological polar surface area (TPSA) is 41.5 Å². The normalized spacial score (nSPS) is 59.8. The van der Waals surface area contributed by atoms with E-state index in [1.807, 2.05) is 0 Å². The molecule has 3 heteroatoms. The van der Waals surface area contributed by atoms with Crippen LogP contribution in [0.25, 0.3) is 0 Å². The van der Waals surface area contributed by atoms with Crippen molar-refractivity contribution < 1.29 is 9.84 Å². The van der Waals surface area contributed by atoms with Crippen molar-refractivity contribution in [2.24, 2.45) is 46.3 Å². The quantitative estimate of drug-likeness (QED) is 0.530. The van der Waals surface area contributed by atoms with E-state index in [4.69, 9.17) is 4.74 Å². The highest BCUT2D eigenvalue weighted by Crippen LogP contribution is 2.70. The van der Waals surface area contributed by atoms with Crippen molar-refractivity contribution >= 4 is 0 Å². The first-order valence-electron chi connectivity index (χ1n) is 13.1. The first kappa shape index (κ1) is 20.2. The van der Waals surface area contributed by atoms with Crippen LogP contribution in [0, 0.1) is 46.3 Å². The van der Waals surface area contributed by atoms with E-state index in [0.717, 1.165) is 49.0 Å². The Bertz CT molecular complexity index is 739. The summed E-state index contributed by atoms with van der Waals surface area (Å²) in [6, 6.07) is 0. The monoisotopic (exact) mass is 413 g/mol. The first-order chi connectivity index (χ1) is 14.3. The van der Waals surface area contributed by atoms with Crippen LogP contribution in [0.5, 0.6) is 0 Å². The largest absolute Gasteiger partial charge is 0.393 e. The molecule has 6 rings (SSSR count). The SMILES string of the molecule is C[C@H]1CC[C@@]2(NC1)O[C@H]1C[C@@H]3[C@H]4CC=C5C[C@@H](O)CC[C@]5(C)[C@H]4CC[C@]3(C)[C@H]1[C@@H]2C. The zero-order valence-corrected chi connectivity index (χ0v) is 19.6. The van der Waals surface area contributed by atoms with Gasteiger partial charge in [-0.2, -0.15) is 0 Å². The van der Waals surface area contributed by atoms with Crippen LogP contribution >= 0.6 is 0 Å². The molecule has 4 aliphatic carbocycles. The lowest BCUT2D eigenvalue weighted by atomic mass is 9.47. The van der Waals surface area contributed by atoms with Crippen molar-refractivity contribution in [1.29, 1.82) is 0 Å². The molecule has 0 aromatic rings. The van der Waals surface area contributed by atoms with Gasteiger partial charge in [-0.3, -0.25) is 5.32 Å². The van der Waals surface area contributed by atoms with E-state index in [1.165, 1.54) is 44.9 Å². The fourth-order valence-corrected chi connectivity index (χ4v) is 9.84. The van der Waals surface area contributed by atoms with E-state index in [0.29, 0.717) is 22.9 Å². The number of aliphatic hydroxyl groups is 1. The molecule has 5 fully saturated rings. The van der Waals surface area contributed by atoms with Crippen molar-refractivity contribution in [3.05, 3.63) is 11.6 Å². The average molecular weight is 414 g/mol. The van der Waals surface area contributed by atoms with Crippen molar-refractivity contribution in [2.75, 3.05) is 6.54 Å². The summed E-state index contributed by atoms with van der Waals surface area (Å²) in [5.74, 6) is 4.58. The fourth-order valence-electron chi connectivity index (χ4n) is 9.84. The maximum absolute atomic E-state index is 10.3. The van der Waals surface area contributed by atoms with Crippen molar-refractivity contribution in [2.45, 2.75) is 103 Å². The summed E-state index contributed by atoms with van der Waals surface area (Å²) < 4.78 is 7.00. The summed E-state index contributed by atoms with van der Waals surface area (Å²) in [5, 5.41) is 14.1. The highest BCUT2D eigenvalue weighted by Gasteiger charge is 2.68. The number of ether oxygens (including phenoxy) is 1. The molecule has 0 bridgehead atoms. The standard InChI is InChI=1S/C27H43NO2/c1-16-7-12-27(28-15-16)17(2)24-23(30-27)14-22-20-6-5-18-13-19(29)8-10-25(18,3)21(20)9-11-26(22,24)4/h5,16-17,19-24,28-29H,6-15H2,1-4H3/t16-,17-,19-,20-,21-,22+,23-,24-,25-,26-,27+/m0/s1. The Morgan fingerprint density at radius 2 is 1.90 bits per heavy atom. The minimum atomic E-state index is -0.100. The molecule has 0 radical (unpaired) electrons. The Morgan fingerprint density at radius 1 is 1.07 bits per heavy atom. The number of rotatable bonds is 0. The van der Waals surface area contributed by atoms with Crippen LogP contribution in [0.15, 0.2) is 11.6 Å². The van der Waals surface area contributed by atoms with Gasteiger partial charge in [0, 0.05) is 12.5 Å². The number of fused-ring (bicyclic) bond motifs is 7. The summed E-state index contributed by atoms with van der Waals surface area (Å²) in [4.78, 5) is 0. The Hall–Kier alpha value is -0.380. The average Bonchev–Trinajstić information content (AvgIpc) is 3.16. The van der Waals surface area contributed by atoms with Gasteiger partial charge < -0.3 is 9.84 Å². The van der Waals surface area contributed by atoms with E-state index in [1.54, 1.807) is 5.57 Å². The first-order valence-corrected chi connectivity index (χ1v) is 13.1. The molecule has 0 amide bonds. The van der Waals surface area contributed by atoms with Crippen LogP contribution in [-0.2, 0) is 4.74 Å². The van der Waals surface area contributed by atoms with E-state index in [-0.39, 0.29) is 11.8 Å². The van der Waals surface area contributed by atoms with Crippen LogP contribution in [-0.4, -0.2) is 29.6 Å². The highest BCUT2D eigenvalue weighted by molar-refractivity contribution is 5.26. The van der Waals surface area contributed by atoms with Crippen LogP contribution in [0.3, 0.4) is 0 Å². The Labute approximate surface area is 183 Å². The molecule has 30 heavy (non-hydrogen) atoms. The lowest BCUT2D eigenvalue weighted by Crippen LogP contribution is -2.57. The van der Waals surface area contributed by atoms with E-state index in [2.05, 4.69) is 39.1 Å². The summed E-state index contributed by atoms with van der Waals surface area (Å²) in [7, 11) is 0. The Balaban J connectivity index is 1.28. The minimum absolute atomic E-state index is 0.0439. The molecule has 3 nitrogen and oxygen atoms in total. The third kappa shape index (κ3) is 2.55. The van der Waals surface area contributed by atoms with Gasteiger partial charge in [0.25, 0.3) is 0 Å². The summed E-state index contributed by atoms with van der Waals surface area (Å²) in [6.45, 7) is 11.2. The summed E-state index contributed by atoms with van der Waals surface area (Å²) in [6.07, 6.45) is 13.8. The lowest BCUT2D eigenvalue weighted by Gasteiger charge is -2.58. The number of allylic oxidation sites excluding steroid dienone is 1. The number of piperidine rings is 1. The molecule has 11 atom stereocenters. The van der Waals surface area contributed by atoms with Gasteiger partial charge in [-0.15, -0.1) is 0 Å². The molecular formula is C27H43NO2. The fraction of sp³-hybridized carbons (Fsp3) is 0.926. The molecule has 2 N–H and O–H groups in total. The summed E-state index contributed by atoms with van der Waals surface area (Å²) >= 11 is 0. The van der Waals surface area contributed by atoms with Gasteiger partial charge >= 0.3 is 0 Å². The van der Waals surface area contributed by atoms with Crippen LogP contribution in [0.2, 0.25) is 0 Å². The van der Waals surface area contributed by atoms with Crippen molar-refractivity contribution in [3.8, 4) is 0 Å². The molecule has 6 aliphatic rings. The molecule has 2 aliphatic heterocycles. The number of hydrogen-bond acceptors (Lipinski definition) is 3. The number of hydrogen-bond donors (Lipinski definition) is 2. The molecule has 2 heterocycles. The zero-order valence-electron chi connectivity index (χ0n) is 19.6. The van der Waals surface area contributed by atoms with Gasteiger partial charge in [-0.05, 0) is 98.2 Å². The van der Waals surface area contributed by atoms with Gasteiger partial charge in [0.1, 0.15) is 5.72 Å². The minimum Gasteiger partial charge on any atom is -0.393 e. The summed E-state index contributed by atoms with van der Waals surface area (Å²) in [5.41, 5.74) is 2.33. The lowest BCUT2D eigenvalue weighted by molar-refractivity contribution is -0.115. The maximum atomic E-state index is 10.3. The Kier molecular flexibility index (Phi) is 4.44. The predicted molar refractivity (Wildman–Crippen MR) is 120 cm³/mol.